The van der Waals surface area contributed by atoms with E-state index in [4.69, 9.17) is 14.2 Å². The third-order valence-corrected chi connectivity index (χ3v) is 15.8. The van der Waals surface area contributed by atoms with Gasteiger partial charge in [-0.25, -0.2) is 0 Å². The van der Waals surface area contributed by atoms with E-state index < -0.39 is 6.10 Å². The van der Waals surface area contributed by atoms with Crippen LogP contribution in [0, 0.1) is 0 Å². The van der Waals surface area contributed by atoms with Crippen molar-refractivity contribution in [3.05, 3.63) is 12.2 Å². The minimum atomic E-state index is -0.764. The average molecular weight is 1060 g/mol. The topological polar surface area (TPSA) is 78.9 Å². The fourth-order valence-corrected chi connectivity index (χ4v) is 10.6. The molecule has 0 heterocycles. The highest BCUT2D eigenvalue weighted by atomic mass is 16.6. The zero-order valence-corrected chi connectivity index (χ0v) is 51.1. The number of carbonyl (C=O) groups is 3. The van der Waals surface area contributed by atoms with Gasteiger partial charge in [0.15, 0.2) is 6.10 Å². The molecule has 0 spiro atoms. The van der Waals surface area contributed by atoms with Gasteiger partial charge in [-0.15, -0.1) is 0 Å². The number of hydrogen-bond donors (Lipinski definition) is 0. The molecule has 0 aliphatic heterocycles. The number of ether oxygens (including phenoxy) is 3. The van der Waals surface area contributed by atoms with Crippen molar-refractivity contribution in [2.45, 2.75) is 399 Å². The summed E-state index contributed by atoms with van der Waals surface area (Å²) in [7, 11) is 0. The molecular formula is C69H132O6. The van der Waals surface area contributed by atoms with Gasteiger partial charge in [0.05, 0.1) is 0 Å². The van der Waals surface area contributed by atoms with Crippen LogP contribution >= 0.6 is 0 Å². The van der Waals surface area contributed by atoms with Crippen LogP contribution in [-0.4, -0.2) is 37.2 Å². The molecule has 6 heteroatoms. The monoisotopic (exact) mass is 1060 g/mol. The normalized spacial score (nSPS) is 12.0. The molecule has 1 unspecified atom stereocenters. The maximum atomic E-state index is 12.8. The van der Waals surface area contributed by atoms with Crippen LogP contribution in [0.1, 0.15) is 393 Å². The Morgan fingerprint density at radius 2 is 0.440 bits per heavy atom. The Hall–Kier alpha value is -1.85. The maximum Gasteiger partial charge on any atom is 0.306 e. The van der Waals surface area contributed by atoms with Crippen LogP contribution in [0.5, 0.6) is 0 Å². The van der Waals surface area contributed by atoms with Gasteiger partial charge in [0.2, 0.25) is 0 Å². The molecule has 0 aliphatic rings. The fraction of sp³-hybridized carbons (Fsp3) is 0.928. The Bertz CT molecular complexity index is 1170. The van der Waals surface area contributed by atoms with Crippen molar-refractivity contribution in [2.75, 3.05) is 13.2 Å². The van der Waals surface area contributed by atoms with Crippen LogP contribution in [0.4, 0.5) is 0 Å². The standard InChI is InChI=1S/C69H132O6/c1-4-7-10-13-15-17-19-21-23-25-27-29-31-32-33-34-35-36-38-39-41-43-45-47-49-51-53-56-59-62-68(71)74-65-66(64-73-67(70)61-58-55-12-9-6-3)75-69(72)63-60-57-54-52-50-48-46-44-42-40-37-30-28-26-24-22-20-18-16-14-11-8-5-2/h26,28,66H,4-25,27,29-65H2,1-3H3/b28-26-. The van der Waals surface area contributed by atoms with Crippen molar-refractivity contribution >= 4 is 17.9 Å². The number of allylic oxidation sites excluding steroid dienone is 2. The quantitative estimate of drug-likeness (QED) is 0.0261. The summed E-state index contributed by atoms with van der Waals surface area (Å²) in [5.74, 6) is -0.853. The van der Waals surface area contributed by atoms with E-state index in [-0.39, 0.29) is 31.1 Å². The van der Waals surface area contributed by atoms with E-state index in [2.05, 4.69) is 32.9 Å². The zero-order chi connectivity index (χ0) is 54.3. The number of rotatable bonds is 64. The summed E-state index contributed by atoms with van der Waals surface area (Å²) in [6, 6.07) is 0. The summed E-state index contributed by atoms with van der Waals surface area (Å²) < 4.78 is 16.8. The minimum Gasteiger partial charge on any atom is -0.462 e. The highest BCUT2D eigenvalue weighted by molar-refractivity contribution is 5.71. The van der Waals surface area contributed by atoms with Crippen molar-refractivity contribution in [3.8, 4) is 0 Å². The van der Waals surface area contributed by atoms with E-state index in [0.29, 0.717) is 19.3 Å². The number of hydrogen-bond acceptors (Lipinski definition) is 6. The smallest absolute Gasteiger partial charge is 0.306 e. The lowest BCUT2D eigenvalue weighted by Crippen LogP contribution is -2.30. The Morgan fingerprint density at radius 1 is 0.253 bits per heavy atom. The van der Waals surface area contributed by atoms with E-state index in [9.17, 15) is 14.4 Å². The molecule has 0 saturated heterocycles. The van der Waals surface area contributed by atoms with Gasteiger partial charge in [-0.3, -0.25) is 14.4 Å². The van der Waals surface area contributed by atoms with E-state index in [1.807, 2.05) is 0 Å². The molecule has 444 valence electrons. The first kappa shape index (κ1) is 73.2. The van der Waals surface area contributed by atoms with E-state index in [0.717, 1.165) is 64.2 Å². The van der Waals surface area contributed by atoms with Crippen LogP contribution < -0.4 is 0 Å². The van der Waals surface area contributed by atoms with Gasteiger partial charge in [-0.2, -0.15) is 0 Å². The first-order valence-electron chi connectivity index (χ1n) is 34.2. The van der Waals surface area contributed by atoms with E-state index >= 15 is 0 Å². The lowest BCUT2D eigenvalue weighted by molar-refractivity contribution is -0.167. The first-order valence-corrected chi connectivity index (χ1v) is 34.2. The molecule has 0 aromatic rings. The molecule has 0 amide bonds. The molecule has 1 atom stereocenters. The molecule has 0 radical (unpaired) electrons. The summed E-state index contributed by atoms with van der Waals surface area (Å²) in [6.07, 6.45) is 77.3. The molecule has 0 aromatic carbocycles. The Balaban J connectivity index is 3.92. The second-order valence-electron chi connectivity index (χ2n) is 23.5. The molecule has 0 aliphatic carbocycles. The molecule has 0 bridgehead atoms. The first-order chi connectivity index (χ1) is 37.0. The Kier molecular flexibility index (Phi) is 63.1. The largest absolute Gasteiger partial charge is 0.462 e. The van der Waals surface area contributed by atoms with Crippen LogP contribution in [-0.2, 0) is 28.6 Å². The SMILES string of the molecule is CCCCCCCCCC/C=C\CCCCCCCCCCCCCC(=O)OC(COC(=O)CCCCCCC)COC(=O)CCCCCCCCCCCCCCCCCCCCCCCCCCCCCCC. The van der Waals surface area contributed by atoms with Gasteiger partial charge in [-0.1, -0.05) is 341 Å². The summed E-state index contributed by atoms with van der Waals surface area (Å²) in [6.45, 7) is 6.63. The van der Waals surface area contributed by atoms with Crippen molar-refractivity contribution in [1.29, 1.82) is 0 Å². The number of unbranched alkanes of at least 4 members (excludes halogenated alkanes) is 51. The van der Waals surface area contributed by atoms with Gasteiger partial charge >= 0.3 is 17.9 Å². The summed E-state index contributed by atoms with van der Waals surface area (Å²) in [5, 5.41) is 0. The Labute approximate surface area is 469 Å². The van der Waals surface area contributed by atoms with Crippen LogP contribution in [0.3, 0.4) is 0 Å². The van der Waals surface area contributed by atoms with Crippen LogP contribution in [0.25, 0.3) is 0 Å². The van der Waals surface area contributed by atoms with Crippen LogP contribution in [0.15, 0.2) is 12.2 Å². The van der Waals surface area contributed by atoms with Crippen LogP contribution in [0.2, 0.25) is 0 Å². The van der Waals surface area contributed by atoms with Crippen molar-refractivity contribution < 1.29 is 28.6 Å². The van der Waals surface area contributed by atoms with Crippen molar-refractivity contribution in [1.82, 2.24) is 0 Å². The molecule has 0 N–H and O–H groups in total. The van der Waals surface area contributed by atoms with Gasteiger partial charge in [0.1, 0.15) is 13.2 Å². The predicted molar refractivity (Wildman–Crippen MR) is 326 cm³/mol. The summed E-state index contributed by atoms with van der Waals surface area (Å²) in [5.41, 5.74) is 0. The van der Waals surface area contributed by atoms with Crippen molar-refractivity contribution in [3.63, 3.8) is 0 Å². The number of carbonyl (C=O) groups excluding carboxylic acids is 3. The predicted octanol–water partition coefficient (Wildman–Crippen LogP) is 23.2. The zero-order valence-electron chi connectivity index (χ0n) is 51.1. The minimum absolute atomic E-state index is 0.0651. The average Bonchev–Trinajstić information content (AvgIpc) is 3.41. The lowest BCUT2D eigenvalue weighted by atomic mass is 10.0. The second kappa shape index (κ2) is 64.7. The summed E-state index contributed by atoms with van der Waals surface area (Å²) in [4.78, 5) is 38.0. The maximum absolute atomic E-state index is 12.8. The Morgan fingerprint density at radius 3 is 0.667 bits per heavy atom. The van der Waals surface area contributed by atoms with E-state index in [1.54, 1.807) is 0 Å². The van der Waals surface area contributed by atoms with Gasteiger partial charge in [0.25, 0.3) is 0 Å². The van der Waals surface area contributed by atoms with Crippen molar-refractivity contribution in [2.24, 2.45) is 0 Å². The number of esters is 3. The summed E-state index contributed by atoms with van der Waals surface area (Å²) >= 11 is 0. The molecule has 0 rings (SSSR count). The molecular weight excluding hydrogens is 925 g/mol. The fourth-order valence-electron chi connectivity index (χ4n) is 10.6. The highest BCUT2D eigenvalue weighted by Crippen LogP contribution is 2.19. The van der Waals surface area contributed by atoms with Gasteiger partial charge in [0, 0.05) is 19.3 Å². The highest BCUT2D eigenvalue weighted by Gasteiger charge is 2.19. The van der Waals surface area contributed by atoms with E-state index in [1.165, 1.54) is 289 Å². The second-order valence-corrected chi connectivity index (χ2v) is 23.5. The molecule has 0 saturated carbocycles. The third-order valence-electron chi connectivity index (χ3n) is 15.8. The molecule has 75 heavy (non-hydrogen) atoms. The molecule has 0 aromatic heterocycles. The lowest BCUT2D eigenvalue weighted by Gasteiger charge is -2.18. The van der Waals surface area contributed by atoms with Gasteiger partial charge in [-0.05, 0) is 44.9 Å². The third kappa shape index (κ3) is 62.9. The molecule has 6 nitrogen and oxygen atoms in total. The van der Waals surface area contributed by atoms with Gasteiger partial charge < -0.3 is 14.2 Å². The molecule has 0 fully saturated rings.